The van der Waals surface area contributed by atoms with Gasteiger partial charge in [-0.1, -0.05) is 59.5 Å². The predicted octanol–water partition coefficient (Wildman–Crippen LogP) is 9.51. The molecule has 0 aliphatic heterocycles. The van der Waals surface area contributed by atoms with Gasteiger partial charge in [0.05, 0.1) is 5.71 Å². The van der Waals surface area contributed by atoms with Crippen LogP contribution in [-0.2, 0) is 0 Å². The molecular weight excluding hydrogens is 501 g/mol. The second-order valence-electron chi connectivity index (χ2n) is 14.2. The van der Waals surface area contributed by atoms with E-state index in [9.17, 15) is 4.39 Å². The van der Waals surface area contributed by atoms with E-state index in [0.29, 0.717) is 15.9 Å². The van der Waals surface area contributed by atoms with Gasteiger partial charge in [0, 0.05) is 5.69 Å². The standard InChI is InChI=1S/C34H50FN3S/c1-22(2)7-6-8-23(3)29-15-16-30-28-14-9-24-21-27(17-19-33(24,4)31(28)18-20-34(29,30)5)37-38-32(39)36-26-12-10-25(35)11-13-26/h10-13,21-23,28-31H,6-9,14-20H2,1-5H3,(H2,36,38,39)/b37-27-/t23-,28+,29-,30+,31+,33+,34-/m1/s1. The molecule has 39 heavy (non-hydrogen) atoms. The van der Waals surface area contributed by atoms with Crippen molar-refractivity contribution in [1.82, 2.24) is 5.43 Å². The van der Waals surface area contributed by atoms with Crippen molar-refractivity contribution in [2.75, 3.05) is 5.32 Å². The largest absolute Gasteiger partial charge is 0.331 e. The Morgan fingerprint density at radius 2 is 1.77 bits per heavy atom. The van der Waals surface area contributed by atoms with E-state index < -0.39 is 0 Å². The summed E-state index contributed by atoms with van der Waals surface area (Å²) >= 11 is 5.42. The van der Waals surface area contributed by atoms with Crippen molar-refractivity contribution in [2.24, 2.45) is 51.4 Å². The van der Waals surface area contributed by atoms with Crippen LogP contribution in [0.5, 0.6) is 0 Å². The first-order chi connectivity index (χ1) is 18.6. The summed E-state index contributed by atoms with van der Waals surface area (Å²) in [5.74, 6) is 4.99. The van der Waals surface area contributed by atoms with Crippen molar-refractivity contribution in [3.8, 4) is 0 Å². The van der Waals surface area contributed by atoms with Gasteiger partial charge in [-0.15, -0.1) is 0 Å². The van der Waals surface area contributed by atoms with E-state index in [1.54, 1.807) is 17.7 Å². The Bertz CT molecular complexity index is 1090. The highest BCUT2D eigenvalue weighted by atomic mass is 32.1. The Kier molecular flexibility index (Phi) is 8.57. The number of nitrogens with one attached hydrogen (secondary N) is 2. The van der Waals surface area contributed by atoms with E-state index in [1.807, 2.05) is 0 Å². The Balaban J connectivity index is 1.22. The van der Waals surface area contributed by atoms with Crippen LogP contribution in [0.1, 0.15) is 105 Å². The van der Waals surface area contributed by atoms with E-state index in [1.165, 1.54) is 76.3 Å². The fourth-order valence-corrected chi connectivity index (χ4v) is 9.66. The van der Waals surface area contributed by atoms with Crippen molar-refractivity contribution in [2.45, 2.75) is 105 Å². The zero-order valence-corrected chi connectivity index (χ0v) is 25.7. The van der Waals surface area contributed by atoms with E-state index in [2.05, 4.69) is 56.5 Å². The Morgan fingerprint density at radius 3 is 2.51 bits per heavy atom. The van der Waals surface area contributed by atoms with Gasteiger partial charge in [-0.3, -0.25) is 5.43 Å². The number of hydrogen-bond acceptors (Lipinski definition) is 2. The Hall–Kier alpha value is -1.75. The predicted molar refractivity (Wildman–Crippen MR) is 166 cm³/mol. The van der Waals surface area contributed by atoms with Crippen LogP contribution in [0.15, 0.2) is 41.0 Å². The van der Waals surface area contributed by atoms with E-state index in [4.69, 9.17) is 12.2 Å². The van der Waals surface area contributed by atoms with Crippen molar-refractivity contribution in [3.05, 3.63) is 41.7 Å². The van der Waals surface area contributed by atoms with Gasteiger partial charge in [-0.05, 0) is 140 Å². The molecule has 5 rings (SSSR count). The zero-order chi connectivity index (χ0) is 27.8. The summed E-state index contributed by atoms with van der Waals surface area (Å²) in [5, 5.41) is 8.19. The fourth-order valence-electron chi connectivity index (χ4n) is 9.50. The van der Waals surface area contributed by atoms with Gasteiger partial charge < -0.3 is 5.32 Å². The first-order valence-corrected chi connectivity index (χ1v) is 16.1. The third-order valence-corrected chi connectivity index (χ3v) is 11.8. The number of halogens is 1. The number of hydrogen-bond donors (Lipinski definition) is 2. The molecule has 0 heterocycles. The number of hydrazone groups is 1. The van der Waals surface area contributed by atoms with Crippen molar-refractivity contribution < 1.29 is 4.39 Å². The van der Waals surface area contributed by atoms with Gasteiger partial charge in [0.15, 0.2) is 5.11 Å². The van der Waals surface area contributed by atoms with Crippen LogP contribution in [-0.4, -0.2) is 10.8 Å². The summed E-state index contributed by atoms with van der Waals surface area (Å²) in [7, 11) is 0. The molecule has 0 amide bonds. The number of nitrogens with zero attached hydrogens (tertiary/aromatic N) is 1. The molecule has 3 saturated carbocycles. The molecule has 3 nitrogen and oxygen atoms in total. The number of thiocarbonyl (C=S) groups is 1. The van der Waals surface area contributed by atoms with E-state index >= 15 is 0 Å². The topological polar surface area (TPSA) is 36.4 Å². The minimum atomic E-state index is -0.256. The zero-order valence-electron chi connectivity index (χ0n) is 24.9. The summed E-state index contributed by atoms with van der Waals surface area (Å²) in [6.07, 6.45) is 17.1. The first-order valence-electron chi connectivity index (χ1n) is 15.7. The summed E-state index contributed by atoms with van der Waals surface area (Å²) in [5.41, 5.74) is 7.36. The molecular formula is C34H50FN3S. The van der Waals surface area contributed by atoms with Crippen LogP contribution in [0.4, 0.5) is 10.1 Å². The second-order valence-corrected chi connectivity index (χ2v) is 14.6. The molecule has 214 valence electrons. The van der Waals surface area contributed by atoms with E-state index in [-0.39, 0.29) is 5.82 Å². The number of allylic oxidation sites excluding steroid dienone is 2. The maximum atomic E-state index is 13.2. The van der Waals surface area contributed by atoms with Crippen molar-refractivity contribution in [3.63, 3.8) is 0 Å². The molecule has 4 aliphatic rings. The minimum Gasteiger partial charge on any atom is -0.331 e. The van der Waals surface area contributed by atoms with E-state index in [0.717, 1.165) is 53.3 Å². The van der Waals surface area contributed by atoms with Crippen LogP contribution >= 0.6 is 12.2 Å². The molecule has 0 radical (unpaired) electrons. The van der Waals surface area contributed by atoms with Crippen LogP contribution in [0.3, 0.4) is 0 Å². The highest BCUT2D eigenvalue weighted by Crippen LogP contribution is 2.67. The molecule has 2 N–H and O–H groups in total. The number of anilines is 1. The summed E-state index contributed by atoms with van der Waals surface area (Å²) in [6.45, 7) is 12.6. The Morgan fingerprint density at radius 1 is 1.00 bits per heavy atom. The van der Waals surface area contributed by atoms with Crippen LogP contribution in [0.2, 0.25) is 0 Å². The first kappa shape index (κ1) is 28.8. The summed E-state index contributed by atoms with van der Waals surface area (Å²) in [4.78, 5) is 0. The van der Waals surface area contributed by atoms with Crippen LogP contribution in [0.25, 0.3) is 0 Å². The summed E-state index contributed by atoms with van der Waals surface area (Å²) in [6, 6.07) is 6.21. The normalized spacial score (nSPS) is 35.6. The molecule has 3 fully saturated rings. The molecule has 1 aromatic rings. The van der Waals surface area contributed by atoms with Crippen LogP contribution in [0, 0.1) is 52.2 Å². The highest BCUT2D eigenvalue weighted by Gasteiger charge is 2.59. The van der Waals surface area contributed by atoms with Crippen molar-refractivity contribution >= 4 is 28.7 Å². The van der Waals surface area contributed by atoms with Gasteiger partial charge in [0.1, 0.15) is 5.82 Å². The van der Waals surface area contributed by atoms with Gasteiger partial charge in [-0.25, -0.2) is 4.39 Å². The average Bonchev–Trinajstić information content (AvgIpc) is 3.26. The molecule has 0 spiro atoms. The lowest BCUT2D eigenvalue weighted by atomic mass is 9.46. The molecule has 1 aromatic carbocycles. The van der Waals surface area contributed by atoms with Crippen molar-refractivity contribution in [1.29, 1.82) is 0 Å². The van der Waals surface area contributed by atoms with Gasteiger partial charge in [0.25, 0.3) is 0 Å². The fraction of sp³-hybridized carbons (Fsp3) is 0.706. The molecule has 7 atom stereocenters. The van der Waals surface area contributed by atoms with Gasteiger partial charge >= 0.3 is 0 Å². The number of benzene rings is 1. The lowest BCUT2D eigenvalue weighted by molar-refractivity contribution is -0.0573. The van der Waals surface area contributed by atoms with Crippen LogP contribution < -0.4 is 10.7 Å². The smallest absolute Gasteiger partial charge is 0.191 e. The molecule has 5 heteroatoms. The lowest BCUT2D eigenvalue weighted by Gasteiger charge is -2.58. The van der Waals surface area contributed by atoms with Gasteiger partial charge in [0.2, 0.25) is 0 Å². The monoisotopic (exact) mass is 551 g/mol. The SMILES string of the molecule is CC(C)CCC[C@@H](C)[C@H]1CC[C@H]2[C@@H]3CCC4=C/C(=N\NC(=S)Nc5ccc(F)cc5)CC[C@]4(C)[C@H]3CC[C@]12C. The third-order valence-electron chi connectivity index (χ3n) is 11.6. The molecule has 0 aromatic heterocycles. The number of rotatable bonds is 7. The molecule has 0 saturated heterocycles. The number of fused-ring (bicyclic) bond motifs is 5. The minimum absolute atomic E-state index is 0.256. The second kappa shape index (κ2) is 11.6. The molecule has 4 aliphatic carbocycles. The quantitative estimate of drug-likeness (QED) is 0.262. The third kappa shape index (κ3) is 5.85. The maximum absolute atomic E-state index is 13.2. The molecule has 0 bridgehead atoms. The highest BCUT2D eigenvalue weighted by molar-refractivity contribution is 7.80. The average molecular weight is 552 g/mol. The molecule has 0 unspecified atom stereocenters. The maximum Gasteiger partial charge on any atom is 0.191 e. The lowest BCUT2D eigenvalue weighted by Crippen LogP contribution is -2.51. The Labute approximate surface area is 241 Å². The van der Waals surface area contributed by atoms with Gasteiger partial charge in [-0.2, -0.15) is 5.10 Å². The summed E-state index contributed by atoms with van der Waals surface area (Å²) < 4.78 is 13.2.